The topological polar surface area (TPSA) is 17.1 Å². The fraction of sp³-hybridized carbons (Fsp3) is 0.545. The molecule has 0 atom stereocenters. The number of thiophene rings is 1. The summed E-state index contributed by atoms with van der Waals surface area (Å²) in [5.41, 5.74) is 0. The Kier molecular flexibility index (Phi) is 15.9. The van der Waals surface area contributed by atoms with Crippen molar-refractivity contribution in [3.8, 4) is 0 Å². The standard InChI is InChI=1S/C8H12S.C2H6.CH2O/c1-2-3-5-8-6-4-7-9-8;2*1-2/h4,6-7H,2-3,5H2,1H3;1-2H3;1H2. The van der Waals surface area contributed by atoms with E-state index in [-0.39, 0.29) is 0 Å². The Balaban J connectivity index is 0. The van der Waals surface area contributed by atoms with Crippen LogP contribution in [-0.2, 0) is 11.2 Å². The van der Waals surface area contributed by atoms with Crippen molar-refractivity contribution in [1.29, 1.82) is 0 Å². The second-order valence-electron chi connectivity index (χ2n) is 2.18. The van der Waals surface area contributed by atoms with Gasteiger partial charge in [-0.3, -0.25) is 0 Å². The van der Waals surface area contributed by atoms with Crippen molar-refractivity contribution in [3.63, 3.8) is 0 Å². The highest BCUT2D eigenvalue weighted by atomic mass is 32.1. The van der Waals surface area contributed by atoms with Crippen LogP contribution >= 0.6 is 11.3 Å². The number of hydrogen-bond acceptors (Lipinski definition) is 2. The molecule has 13 heavy (non-hydrogen) atoms. The highest BCUT2D eigenvalue weighted by Crippen LogP contribution is 2.11. The van der Waals surface area contributed by atoms with Crippen LogP contribution in [0.3, 0.4) is 0 Å². The van der Waals surface area contributed by atoms with Gasteiger partial charge in [0.1, 0.15) is 6.79 Å². The monoisotopic (exact) mass is 200 g/mol. The van der Waals surface area contributed by atoms with Crippen LogP contribution in [0.5, 0.6) is 0 Å². The lowest BCUT2D eigenvalue weighted by Gasteiger charge is -1.90. The molecule has 2 heteroatoms. The van der Waals surface area contributed by atoms with Crippen LogP contribution in [0.4, 0.5) is 0 Å². The quantitative estimate of drug-likeness (QED) is 0.722. The van der Waals surface area contributed by atoms with Gasteiger partial charge in [0.15, 0.2) is 0 Å². The molecular weight excluding hydrogens is 180 g/mol. The van der Waals surface area contributed by atoms with Gasteiger partial charge in [0.2, 0.25) is 0 Å². The lowest BCUT2D eigenvalue weighted by molar-refractivity contribution is -0.0979. The molecule has 0 fully saturated rings. The van der Waals surface area contributed by atoms with Gasteiger partial charge in [0.25, 0.3) is 0 Å². The zero-order valence-electron chi connectivity index (χ0n) is 8.88. The molecule has 0 bridgehead atoms. The molecule has 0 unspecified atom stereocenters. The third-order valence-electron chi connectivity index (χ3n) is 1.36. The Morgan fingerprint density at radius 2 is 2.00 bits per heavy atom. The molecule has 1 rings (SSSR count). The molecule has 0 N–H and O–H groups in total. The van der Waals surface area contributed by atoms with E-state index in [4.69, 9.17) is 4.79 Å². The molecule has 0 spiro atoms. The van der Waals surface area contributed by atoms with E-state index in [0.717, 1.165) is 0 Å². The lowest BCUT2D eigenvalue weighted by Crippen LogP contribution is -1.75. The fourth-order valence-corrected chi connectivity index (χ4v) is 1.56. The number of unbranched alkanes of at least 4 members (excludes halogenated alkanes) is 1. The van der Waals surface area contributed by atoms with Gasteiger partial charge < -0.3 is 4.79 Å². The van der Waals surface area contributed by atoms with Crippen LogP contribution in [-0.4, -0.2) is 6.79 Å². The molecule has 76 valence electrons. The van der Waals surface area contributed by atoms with Gasteiger partial charge in [-0.1, -0.05) is 33.3 Å². The maximum absolute atomic E-state index is 8.00. The molecule has 1 aromatic heterocycles. The van der Waals surface area contributed by atoms with Crippen molar-refractivity contribution in [2.75, 3.05) is 0 Å². The van der Waals surface area contributed by atoms with Crippen molar-refractivity contribution >= 4 is 18.1 Å². The third-order valence-corrected chi connectivity index (χ3v) is 2.29. The molecule has 0 saturated heterocycles. The molecule has 1 aromatic rings. The van der Waals surface area contributed by atoms with Crippen LogP contribution < -0.4 is 0 Å². The first-order chi connectivity index (χ1) is 6.43. The summed E-state index contributed by atoms with van der Waals surface area (Å²) >= 11 is 1.86. The zero-order chi connectivity index (χ0) is 10.5. The molecular formula is C11H20OS. The van der Waals surface area contributed by atoms with Crippen LogP contribution in [0, 0.1) is 0 Å². The molecule has 1 nitrogen and oxygen atoms in total. The summed E-state index contributed by atoms with van der Waals surface area (Å²) < 4.78 is 0. The molecule has 0 amide bonds. The number of carbonyl (C=O) groups excluding carboxylic acids is 1. The number of aryl methyl sites for hydroxylation is 1. The summed E-state index contributed by atoms with van der Waals surface area (Å²) in [4.78, 5) is 9.52. The van der Waals surface area contributed by atoms with Gasteiger partial charge in [0.05, 0.1) is 0 Å². The minimum Gasteiger partial charge on any atom is -0.307 e. The third kappa shape index (κ3) is 9.28. The average Bonchev–Trinajstić information content (AvgIpc) is 2.73. The summed E-state index contributed by atoms with van der Waals surface area (Å²) in [5, 5.41) is 2.14. The van der Waals surface area contributed by atoms with Crippen molar-refractivity contribution in [2.45, 2.75) is 40.0 Å². The molecule has 1 heterocycles. The predicted octanol–water partition coefficient (Wildman–Crippen LogP) is 3.93. The average molecular weight is 200 g/mol. The highest BCUT2D eigenvalue weighted by Gasteiger charge is 1.89. The fourth-order valence-electron chi connectivity index (χ4n) is 0.806. The van der Waals surface area contributed by atoms with Crippen molar-refractivity contribution in [1.82, 2.24) is 0 Å². The number of carbonyl (C=O) groups is 1. The summed E-state index contributed by atoms with van der Waals surface area (Å²) in [5.74, 6) is 0. The van der Waals surface area contributed by atoms with Gasteiger partial charge >= 0.3 is 0 Å². The highest BCUT2D eigenvalue weighted by molar-refractivity contribution is 7.09. The zero-order valence-corrected chi connectivity index (χ0v) is 9.69. The maximum atomic E-state index is 8.00. The first kappa shape index (κ1) is 14.9. The van der Waals surface area contributed by atoms with Gasteiger partial charge in [-0.15, -0.1) is 11.3 Å². The SMILES string of the molecule is C=O.CC.CCCCc1cccs1. The second kappa shape index (κ2) is 13.9. The van der Waals surface area contributed by atoms with Crippen molar-refractivity contribution in [2.24, 2.45) is 0 Å². The summed E-state index contributed by atoms with van der Waals surface area (Å²) in [6.07, 6.45) is 3.91. The summed E-state index contributed by atoms with van der Waals surface area (Å²) in [6, 6.07) is 4.33. The van der Waals surface area contributed by atoms with Crippen LogP contribution in [0.15, 0.2) is 17.5 Å². The molecule has 0 saturated carbocycles. The van der Waals surface area contributed by atoms with E-state index in [2.05, 4.69) is 24.4 Å². The van der Waals surface area contributed by atoms with E-state index in [9.17, 15) is 0 Å². The Morgan fingerprint density at radius 3 is 2.38 bits per heavy atom. The van der Waals surface area contributed by atoms with Gasteiger partial charge in [0, 0.05) is 4.88 Å². The largest absolute Gasteiger partial charge is 0.307 e. The minimum atomic E-state index is 1.27. The van der Waals surface area contributed by atoms with Crippen molar-refractivity contribution < 1.29 is 4.79 Å². The van der Waals surface area contributed by atoms with E-state index in [1.165, 1.54) is 24.1 Å². The molecule has 0 radical (unpaired) electrons. The lowest BCUT2D eigenvalue weighted by atomic mass is 10.2. The van der Waals surface area contributed by atoms with E-state index in [0.29, 0.717) is 0 Å². The smallest absolute Gasteiger partial charge is 0.106 e. The predicted molar refractivity (Wildman–Crippen MR) is 61.4 cm³/mol. The Hall–Kier alpha value is -0.630. The normalized spacial score (nSPS) is 7.62. The molecule has 0 aliphatic heterocycles. The minimum absolute atomic E-state index is 1.27. The van der Waals surface area contributed by atoms with Crippen LogP contribution in [0.2, 0.25) is 0 Å². The van der Waals surface area contributed by atoms with E-state index >= 15 is 0 Å². The van der Waals surface area contributed by atoms with Gasteiger partial charge in [-0.2, -0.15) is 0 Å². The second-order valence-corrected chi connectivity index (χ2v) is 3.22. The van der Waals surface area contributed by atoms with Crippen molar-refractivity contribution in [3.05, 3.63) is 22.4 Å². The molecule has 0 aromatic carbocycles. The molecule has 0 aliphatic carbocycles. The maximum Gasteiger partial charge on any atom is 0.106 e. The number of rotatable bonds is 3. The summed E-state index contributed by atoms with van der Waals surface area (Å²) in [7, 11) is 0. The van der Waals surface area contributed by atoms with E-state index in [1.54, 1.807) is 0 Å². The first-order valence-electron chi connectivity index (χ1n) is 4.74. The Labute approximate surface area is 85.8 Å². The van der Waals surface area contributed by atoms with E-state index < -0.39 is 0 Å². The Bertz CT molecular complexity index is 159. The number of hydrogen-bond donors (Lipinski definition) is 0. The summed E-state index contributed by atoms with van der Waals surface area (Å²) in [6.45, 7) is 8.23. The van der Waals surface area contributed by atoms with E-state index in [1.807, 2.05) is 32.0 Å². The van der Waals surface area contributed by atoms with Gasteiger partial charge in [-0.05, 0) is 24.3 Å². The van der Waals surface area contributed by atoms with Crippen LogP contribution in [0.25, 0.3) is 0 Å². The van der Waals surface area contributed by atoms with Crippen LogP contribution in [0.1, 0.15) is 38.5 Å². The van der Waals surface area contributed by atoms with Gasteiger partial charge in [-0.25, -0.2) is 0 Å². The first-order valence-corrected chi connectivity index (χ1v) is 5.62. The molecule has 0 aliphatic rings. The Morgan fingerprint density at radius 1 is 1.38 bits per heavy atom.